The molecule has 0 fully saturated rings. The van der Waals surface area contributed by atoms with Crippen molar-refractivity contribution in [3.8, 4) is 17.0 Å². The lowest BCUT2D eigenvalue weighted by molar-refractivity contribution is -0.139. The standard InChI is InChI=1S/C20H19F3N6O2/c1-11-10-28(16-5-4-14(20(21,22)23)18(27-16)31-3)19(30)17-13(9-26-29(11)17)12-6-7-25-15(8-12)24-2/h4-9,11H,10H2,1-3H3,(H,24,25)/t11-/m0/s1. The lowest BCUT2D eigenvalue weighted by Crippen LogP contribution is -2.43. The van der Waals surface area contributed by atoms with Crippen LogP contribution in [0.4, 0.5) is 24.8 Å². The molecule has 31 heavy (non-hydrogen) atoms. The van der Waals surface area contributed by atoms with Gasteiger partial charge in [0.15, 0.2) is 0 Å². The van der Waals surface area contributed by atoms with Gasteiger partial charge in [0.25, 0.3) is 5.91 Å². The van der Waals surface area contributed by atoms with Crippen molar-refractivity contribution < 1.29 is 22.7 Å². The molecule has 1 N–H and O–H groups in total. The van der Waals surface area contributed by atoms with Gasteiger partial charge in [-0.3, -0.25) is 14.4 Å². The Morgan fingerprint density at radius 1 is 1.26 bits per heavy atom. The summed E-state index contributed by atoms with van der Waals surface area (Å²) in [6.07, 6.45) is -1.40. The number of methoxy groups -OCH3 is 1. The molecular weight excluding hydrogens is 413 g/mol. The summed E-state index contributed by atoms with van der Waals surface area (Å²) in [7, 11) is 2.84. The highest BCUT2D eigenvalue weighted by molar-refractivity contribution is 6.09. The second-order valence-electron chi connectivity index (χ2n) is 7.02. The van der Waals surface area contributed by atoms with Crippen molar-refractivity contribution in [3.05, 3.63) is 47.9 Å². The summed E-state index contributed by atoms with van der Waals surface area (Å²) in [4.78, 5) is 22.9. The van der Waals surface area contributed by atoms with Crippen molar-refractivity contribution in [2.24, 2.45) is 0 Å². The van der Waals surface area contributed by atoms with Gasteiger partial charge in [-0.05, 0) is 36.8 Å². The molecule has 11 heteroatoms. The number of pyridine rings is 2. The molecule has 3 aromatic rings. The Kier molecular flexibility index (Phi) is 5.03. The van der Waals surface area contributed by atoms with Gasteiger partial charge >= 0.3 is 6.18 Å². The third-order valence-corrected chi connectivity index (χ3v) is 5.06. The van der Waals surface area contributed by atoms with E-state index in [1.807, 2.05) is 6.92 Å². The first-order chi connectivity index (χ1) is 14.7. The van der Waals surface area contributed by atoms with Gasteiger partial charge in [0.05, 0.1) is 19.3 Å². The minimum absolute atomic E-state index is 0.0748. The number of amides is 1. The fraction of sp³-hybridized carbons (Fsp3) is 0.300. The second-order valence-corrected chi connectivity index (χ2v) is 7.02. The third-order valence-electron chi connectivity index (χ3n) is 5.06. The molecule has 0 aliphatic carbocycles. The predicted octanol–water partition coefficient (Wildman–Crippen LogP) is 3.63. The number of rotatable bonds is 4. The molecule has 0 bridgehead atoms. The van der Waals surface area contributed by atoms with E-state index in [0.717, 1.165) is 18.7 Å². The molecule has 0 unspecified atom stereocenters. The topological polar surface area (TPSA) is 85.2 Å². The largest absolute Gasteiger partial charge is 0.481 e. The number of alkyl halides is 3. The Labute approximate surface area is 175 Å². The van der Waals surface area contributed by atoms with E-state index in [4.69, 9.17) is 4.74 Å². The van der Waals surface area contributed by atoms with Crippen LogP contribution >= 0.6 is 0 Å². The van der Waals surface area contributed by atoms with Gasteiger partial charge in [-0.2, -0.15) is 23.3 Å². The van der Waals surface area contributed by atoms with Crippen molar-refractivity contribution in [1.82, 2.24) is 19.7 Å². The molecule has 4 heterocycles. The van der Waals surface area contributed by atoms with Crippen LogP contribution in [-0.2, 0) is 6.18 Å². The van der Waals surface area contributed by atoms with Gasteiger partial charge in [0.2, 0.25) is 5.88 Å². The van der Waals surface area contributed by atoms with Gasteiger partial charge in [0.1, 0.15) is 22.9 Å². The number of halogens is 3. The molecule has 3 aromatic heterocycles. The minimum Gasteiger partial charge on any atom is -0.481 e. The first-order valence-electron chi connectivity index (χ1n) is 9.40. The fourth-order valence-corrected chi connectivity index (χ4v) is 3.56. The van der Waals surface area contributed by atoms with Crippen LogP contribution < -0.4 is 15.0 Å². The van der Waals surface area contributed by atoms with Crippen LogP contribution in [0.2, 0.25) is 0 Å². The molecule has 8 nitrogen and oxygen atoms in total. The maximum absolute atomic E-state index is 13.4. The second kappa shape index (κ2) is 7.56. The molecule has 0 saturated carbocycles. The van der Waals surface area contributed by atoms with Crippen LogP contribution in [0.15, 0.2) is 36.7 Å². The number of nitrogens with zero attached hydrogens (tertiary/aromatic N) is 5. The zero-order chi connectivity index (χ0) is 22.3. The number of ether oxygens (including phenoxy) is 1. The van der Waals surface area contributed by atoms with E-state index >= 15 is 0 Å². The molecule has 0 saturated heterocycles. The van der Waals surface area contributed by atoms with E-state index in [1.54, 1.807) is 36.3 Å². The monoisotopic (exact) mass is 432 g/mol. The normalized spacial score (nSPS) is 16.3. The Morgan fingerprint density at radius 3 is 2.71 bits per heavy atom. The Morgan fingerprint density at radius 2 is 2.03 bits per heavy atom. The molecule has 1 atom stereocenters. The highest BCUT2D eigenvalue weighted by atomic mass is 19.4. The van der Waals surface area contributed by atoms with Crippen molar-refractivity contribution >= 4 is 17.5 Å². The quantitative estimate of drug-likeness (QED) is 0.678. The summed E-state index contributed by atoms with van der Waals surface area (Å²) in [6, 6.07) is 5.37. The third kappa shape index (κ3) is 3.56. The number of nitrogens with one attached hydrogen (secondary N) is 1. The summed E-state index contributed by atoms with van der Waals surface area (Å²) in [5, 5.41) is 7.31. The number of fused-ring (bicyclic) bond motifs is 1. The first kappa shape index (κ1) is 20.6. The van der Waals surface area contributed by atoms with E-state index < -0.39 is 23.5 Å². The van der Waals surface area contributed by atoms with Crippen LogP contribution in [0.1, 0.15) is 29.0 Å². The van der Waals surface area contributed by atoms with Crippen molar-refractivity contribution in [2.45, 2.75) is 19.1 Å². The van der Waals surface area contributed by atoms with Gasteiger partial charge in [-0.25, -0.2) is 4.98 Å². The van der Waals surface area contributed by atoms with Gasteiger partial charge in [-0.15, -0.1) is 0 Å². The lowest BCUT2D eigenvalue weighted by Gasteiger charge is -2.32. The Balaban J connectivity index is 1.78. The summed E-state index contributed by atoms with van der Waals surface area (Å²) in [5.41, 5.74) is 0.659. The van der Waals surface area contributed by atoms with E-state index in [0.29, 0.717) is 17.1 Å². The van der Waals surface area contributed by atoms with Crippen LogP contribution in [0.25, 0.3) is 11.1 Å². The predicted molar refractivity (Wildman–Crippen MR) is 107 cm³/mol. The summed E-state index contributed by atoms with van der Waals surface area (Å²) < 4.78 is 46.0. The molecule has 162 valence electrons. The molecule has 0 radical (unpaired) electrons. The van der Waals surface area contributed by atoms with Crippen LogP contribution in [0, 0.1) is 0 Å². The number of aromatic nitrogens is 4. The smallest absolute Gasteiger partial charge is 0.421 e. The van der Waals surface area contributed by atoms with Gasteiger partial charge < -0.3 is 10.1 Å². The van der Waals surface area contributed by atoms with Crippen molar-refractivity contribution in [1.29, 1.82) is 0 Å². The molecule has 1 aliphatic heterocycles. The highest BCUT2D eigenvalue weighted by Crippen LogP contribution is 2.38. The Hall–Kier alpha value is -3.63. The fourth-order valence-electron chi connectivity index (χ4n) is 3.56. The first-order valence-corrected chi connectivity index (χ1v) is 9.40. The summed E-state index contributed by atoms with van der Waals surface area (Å²) in [5.74, 6) is -0.300. The van der Waals surface area contributed by atoms with Crippen LogP contribution in [0.3, 0.4) is 0 Å². The summed E-state index contributed by atoms with van der Waals surface area (Å²) >= 11 is 0. The molecule has 1 aliphatic rings. The highest BCUT2D eigenvalue weighted by Gasteiger charge is 2.38. The number of hydrogen-bond donors (Lipinski definition) is 1. The SMILES string of the molecule is CNc1cc(-c2cnn3c2C(=O)N(c2ccc(C(F)(F)F)c(OC)n2)C[C@@H]3C)ccn1. The van der Waals surface area contributed by atoms with E-state index in [2.05, 4.69) is 20.4 Å². The average Bonchev–Trinajstić information content (AvgIpc) is 3.21. The number of anilines is 2. The number of hydrogen-bond acceptors (Lipinski definition) is 6. The maximum Gasteiger partial charge on any atom is 0.421 e. The van der Waals surface area contributed by atoms with Crippen molar-refractivity contribution in [3.63, 3.8) is 0 Å². The van der Waals surface area contributed by atoms with Crippen LogP contribution in [0.5, 0.6) is 5.88 Å². The zero-order valence-electron chi connectivity index (χ0n) is 16.9. The van der Waals surface area contributed by atoms with E-state index in [1.165, 1.54) is 11.0 Å². The van der Waals surface area contributed by atoms with Gasteiger partial charge in [0, 0.05) is 25.4 Å². The molecule has 0 aromatic carbocycles. The molecule has 4 rings (SSSR count). The lowest BCUT2D eigenvalue weighted by atomic mass is 10.0. The minimum atomic E-state index is -4.62. The zero-order valence-corrected chi connectivity index (χ0v) is 16.9. The summed E-state index contributed by atoms with van der Waals surface area (Å²) in [6.45, 7) is 2.07. The number of carbonyl (C=O) groups is 1. The molecule has 0 spiro atoms. The van der Waals surface area contributed by atoms with E-state index in [9.17, 15) is 18.0 Å². The van der Waals surface area contributed by atoms with E-state index in [-0.39, 0.29) is 18.4 Å². The van der Waals surface area contributed by atoms with Crippen LogP contribution in [-0.4, -0.2) is 46.4 Å². The maximum atomic E-state index is 13.4. The van der Waals surface area contributed by atoms with Crippen molar-refractivity contribution in [2.75, 3.05) is 30.9 Å². The average molecular weight is 432 g/mol. The number of carbonyl (C=O) groups excluding carboxylic acids is 1. The molecule has 1 amide bonds. The molecular formula is C20H19F3N6O2. The Bertz CT molecular complexity index is 1140. The van der Waals surface area contributed by atoms with Gasteiger partial charge in [-0.1, -0.05) is 0 Å².